The number of aryl methyl sites for hydroxylation is 1. The lowest BCUT2D eigenvalue weighted by molar-refractivity contribution is -0.134. The van der Waals surface area contributed by atoms with Gasteiger partial charge in [0.2, 0.25) is 11.8 Å². The van der Waals surface area contributed by atoms with Gasteiger partial charge in [0.25, 0.3) is 0 Å². The number of carbonyl (C=O) groups is 2. The minimum absolute atomic E-state index is 0.0900. The summed E-state index contributed by atoms with van der Waals surface area (Å²) in [6.07, 6.45) is 1.35. The first-order valence-electron chi connectivity index (χ1n) is 7.65. The molecule has 1 N–H and O–H groups in total. The average Bonchev–Trinajstić information content (AvgIpc) is 2.46. The number of rotatable bonds is 7. The van der Waals surface area contributed by atoms with Gasteiger partial charge >= 0.3 is 0 Å². The van der Waals surface area contributed by atoms with E-state index in [-0.39, 0.29) is 18.2 Å². The van der Waals surface area contributed by atoms with E-state index >= 15 is 0 Å². The number of nitrogens with one attached hydrogen (secondary N) is 1. The topological polar surface area (TPSA) is 49.4 Å². The van der Waals surface area contributed by atoms with Crippen molar-refractivity contribution in [3.8, 4) is 0 Å². The van der Waals surface area contributed by atoms with Crippen LogP contribution in [0, 0.1) is 5.92 Å². The van der Waals surface area contributed by atoms with Crippen LogP contribution in [0.1, 0.15) is 32.3 Å². The van der Waals surface area contributed by atoms with Gasteiger partial charge in [-0.05, 0) is 30.4 Å². The van der Waals surface area contributed by atoms with E-state index < -0.39 is 6.04 Å². The van der Waals surface area contributed by atoms with Crippen LogP contribution in [0.25, 0.3) is 0 Å². The van der Waals surface area contributed by atoms with Crippen molar-refractivity contribution in [2.24, 2.45) is 5.92 Å². The Labute approximate surface area is 148 Å². The summed E-state index contributed by atoms with van der Waals surface area (Å²) in [5, 5.41) is 3.78. The normalized spacial score (nSPS) is 12.1. The molecule has 0 unspecified atom stereocenters. The summed E-state index contributed by atoms with van der Waals surface area (Å²) >= 11 is 12.1. The van der Waals surface area contributed by atoms with Crippen molar-refractivity contribution in [1.29, 1.82) is 0 Å². The summed E-state index contributed by atoms with van der Waals surface area (Å²) in [5.74, 6) is 0.0568. The maximum atomic E-state index is 12.2. The first-order chi connectivity index (χ1) is 10.7. The van der Waals surface area contributed by atoms with E-state index in [1.165, 1.54) is 4.90 Å². The van der Waals surface area contributed by atoms with E-state index in [1.807, 2.05) is 19.9 Å². The Kier molecular flexibility index (Phi) is 7.86. The molecule has 0 fully saturated rings. The molecule has 2 amide bonds. The molecule has 128 valence electrons. The largest absolute Gasteiger partial charge is 0.347 e. The van der Waals surface area contributed by atoms with Crippen LogP contribution in [-0.2, 0) is 16.0 Å². The van der Waals surface area contributed by atoms with Gasteiger partial charge in [-0.1, -0.05) is 49.2 Å². The van der Waals surface area contributed by atoms with Gasteiger partial charge in [0.1, 0.15) is 6.04 Å². The second kappa shape index (κ2) is 9.14. The summed E-state index contributed by atoms with van der Waals surface area (Å²) in [6, 6.07) is 4.87. The van der Waals surface area contributed by atoms with Gasteiger partial charge in [0, 0.05) is 20.5 Å². The molecule has 0 heterocycles. The fraction of sp³-hybridized carbons (Fsp3) is 0.529. The van der Waals surface area contributed by atoms with Crippen LogP contribution in [-0.4, -0.2) is 36.9 Å². The second-order valence-electron chi connectivity index (χ2n) is 6.20. The standard InChI is InChI=1S/C17H24Cl2N2O2/c1-11(2)10-14(17(23)21(3)4)20-15(22)9-8-12-6-5-7-13(18)16(12)19/h5-7,11,14H,8-10H2,1-4H3,(H,20,22)/t14-/m0/s1. The van der Waals surface area contributed by atoms with Crippen molar-refractivity contribution in [3.05, 3.63) is 33.8 Å². The molecule has 1 aromatic carbocycles. The molecule has 0 saturated heterocycles. The fourth-order valence-corrected chi connectivity index (χ4v) is 2.68. The maximum Gasteiger partial charge on any atom is 0.244 e. The molecule has 0 aromatic heterocycles. The van der Waals surface area contributed by atoms with Gasteiger partial charge < -0.3 is 10.2 Å². The lowest BCUT2D eigenvalue weighted by Crippen LogP contribution is -2.47. The molecule has 0 spiro atoms. The highest BCUT2D eigenvalue weighted by Crippen LogP contribution is 2.26. The van der Waals surface area contributed by atoms with Crippen LogP contribution in [0.4, 0.5) is 0 Å². The molecular formula is C17H24Cl2N2O2. The summed E-state index contributed by atoms with van der Waals surface area (Å²) in [7, 11) is 3.38. The summed E-state index contributed by atoms with van der Waals surface area (Å²) in [5.41, 5.74) is 0.827. The van der Waals surface area contributed by atoms with Gasteiger partial charge in [-0.2, -0.15) is 0 Å². The Bertz CT molecular complexity index is 560. The number of amides is 2. The van der Waals surface area contributed by atoms with Crippen molar-refractivity contribution in [1.82, 2.24) is 10.2 Å². The molecule has 0 bridgehead atoms. The number of halogens is 2. The summed E-state index contributed by atoms with van der Waals surface area (Å²) in [6.45, 7) is 4.04. The molecule has 0 aliphatic carbocycles. The Morgan fingerprint density at radius 3 is 2.43 bits per heavy atom. The minimum atomic E-state index is -0.493. The first kappa shape index (κ1) is 19.8. The Morgan fingerprint density at radius 1 is 1.22 bits per heavy atom. The highest BCUT2D eigenvalue weighted by atomic mass is 35.5. The lowest BCUT2D eigenvalue weighted by Gasteiger charge is -2.23. The highest BCUT2D eigenvalue weighted by molar-refractivity contribution is 6.42. The molecule has 1 atom stereocenters. The van der Waals surface area contributed by atoms with Crippen LogP contribution in [0.15, 0.2) is 18.2 Å². The van der Waals surface area contributed by atoms with Crippen molar-refractivity contribution in [2.45, 2.75) is 39.2 Å². The van der Waals surface area contributed by atoms with Crippen molar-refractivity contribution >= 4 is 35.0 Å². The summed E-state index contributed by atoms with van der Waals surface area (Å²) in [4.78, 5) is 25.8. The van der Waals surface area contributed by atoms with E-state index in [1.54, 1.807) is 26.2 Å². The third-order valence-electron chi connectivity index (χ3n) is 3.43. The number of benzene rings is 1. The molecule has 1 rings (SSSR count). The van der Waals surface area contributed by atoms with E-state index in [0.717, 1.165) is 5.56 Å². The van der Waals surface area contributed by atoms with Gasteiger partial charge in [-0.25, -0.2) is 0 Å². The van der Waals surface area contributed by atoms with Gasteiger partial charge in [-0.15, -0.1) is 0 Å². The number of nitrogens with zero attached hydrogens (tertiary/aromatic N) is 1. The Morgan fingerprint density at radius 2 is 1.87 bits per heavy atom. The fourth-order valence-electron chi connectivity index (χ4n) is 2.26. The smallest absolute Gasteiger partial charge is 0.244 e. The summed E-state index contributed by atoms with van der Waals surface area (Å²) < 4.78 is 0. The number of hydrogen-bond acceptors (Lipinski definition) is 2. The monoisotopic (exact) mass is 358 g/mol. The molecule has 4 nitrogen and oxygen atoms in total. The molecule has 0 aliphatic rings. The highest BCUT2D eigenvalue weighted by Gasteiger charge is 2.23. The lowest BCUT2D eigenvalue weighted by atomic mass is 10.0. The van der Waals surface area contributed by atoms with Gasteiger partial charge in [-0.3, -0.25) is 9.59 Å². The van der Waals surface area contributed by atoms with Crippen molar-refractivity contribution in [2.75, 3.05) is 14.1 Å². The molecule has 0 saturated carbocycles. The predicted octanol–water partition coefficient (Wildman–Crippen LogP) is 3.55. The number of hydrogen-bond donors (Lipinski definition) is 1. The Balaban J connectivity index is 2.65. The minimum Gasteiger partial charge on any atom is -0.347 e. The SMILES string of the molecule is CC(C)C[C@H](NC(=O)CCc1cccc(Cl)c1Cl)C(=O)N(C)C. The van der Waals surface area contributed by atoms with Crippen LogP contribution in [0.2, 0.25) is 10.0 Å². The number of likely N-dealkylation sites (N-methyl/N-ethyl adjacent to an activating group) is 1. The molecule has 0 radical (unpaired) electrons. The van der Waals surface area contributed by atoms with Crippen LogP contribution >= 0.6 is 23.2 Å². The maximum absolute atomic E-state index is 12.2. The first-order valence-corrected chi connectivity index (χ1v) is 8.41. The third kappa shape index (κ3) is 6.40. The second-order valence-corrected chi connectivity index (χ2v) is 6.98. The zero-order valence-corrected chi connectivity index (χ0v) is 15.5. The third-order valence-corrected chi connectivity index (χ3v) is 4.29. The molecule has 6 heteroatoms. The molecule has 1 aromatic rings. The zero-order chi connectivity index (χ0) is 17.6. The zero-order valence-electron chi connectivity index (χ0n) is 14.0. The van der Waals surface area contributed by atoms with Crippen molar-refractivity contribution in [3.63, 3.8) is 0 Å². The predicted molar refractivity (Wildman–Crippen MR) is 94.9 cm³/mol. The van der Waals surface area contributed by atoms with Crippen LogP contribution < -0.4 is 5.32 Å². The van der Waals surface area contributed by atoms with E-state index in [2.05, 4.69) is 5.32 Å². The van der Waals surface area contributed by atoms with E-state index in [4.69, 9.17) is 23.2 Å². The number of carbonyl (C=O) groups excluding carboxylic acids is 2. The van der Waals surface area contributed by atoms with E-state index in [9.17, 15) is 9.59 Å². The molecule has 23 heavy (non-hydrogen) atoms. The average molecular weight is 359 g/mol. The Hall–Kier alpha value is -1.26. The van der Waals surface area contributed by atoms with E-state index in [0.29, 0.717) is 28.8 Å². The van der Waals surface area contributed by atoms with Gasteiger partial charge in [0.05, 0.1) is 10.0 Å². The van der Waals surface area contributed by atoms with Crippen LogP contribution in [0.3, 0.4) is 0 Å². The molecular weight excluding hydrogens is 335 g/mol. The van der Waals surface area contributed by atoms with Crippen LogP contribution in [0.5, 0.6) is 0 Å². The van der Waals surface area contributed by atoms with Gasteiger partial charge in [0.15, 0.2) is 0 Å². The quantitative estimate of drug-likeness (QED) is 0.810. The van der Waals surface area contributed by atoms with Crippen molar-refractivity contribution < 1.29 is 9.59 Å². The molecule has 0 aliphatic heterocycles.